The molecule has 3 aromatic rings. The summed E-state index contributed by atoms with van der Waals surface area (Å²) in [6.07, 6.45) is 8.90. The van der Waals surface area contributed by atoms with Crippen LogP contribution in [0.5, 0.6) is 0 Å². The molecule has 1 saturated heterocycles. The predicted molar refractivity (Wildman–Crippen MR) is 117 cm³/mol. The summed E-state index contributed by atoms with van der Waals surface area (Å²) >= 11 is 6.63. The summed E-state index contributed by atoms with van der Waals surface area (Å²) in [5, 5.41) is 4.75. The third-order valence-corrected chi connectivity index (χ3v) is 5.57. The number of rotatable bonds is 5. The van der Waals surface area contributed by atoms with Crippen molar-refractivity contribution in [3.8, 4) is 16.9 Å². The van der Waals surface area contributed by atoms with Crippen molar-refractivity contribution < 1.29 is 4.79 Å². The van der Waals surface area contributed by atoms with Crippen molar-refractivity contribution in [2.45, 2.75) is 0 Å². The molecule has 1 aliphatic heterocycles. The van der Waals surface area contributed by atoms with Crippen LogP contribution in [0.3, 0.4) is 0 Å². The average molecular weight is 405 g/mol. The minimum Gasteiger partial charge on any atom is -0.289 e. The number of benzene rings is 1. The first-order valence-electron chi connectivity index (χ1n) is 8.59. The van der Waals surface area contributed by atoms with Crippen LogP contribution >= 0.6 is 24.0 Å². The van der Waals surface area contributed by atoms with Gasteiger partial charge in [-0.05, 0) is 30.3 Å². The Bertz CT molecular complexity index is 1070. The molecule has 7 heteroatoms. The maximum Gasteiger partial charge on any atom is 0.266 e. The molecule has 0 atom stereocenters. The Morgan fingerprint density at radius 3 is 2.61 bits per heavy atom. The number of thioether (sulfide) groups is 1. The molecule has 1 aliphatic rings. The zero-order valence-electron chi connectivity index (χ0n) is 14.9. The molecule has 1 amide bonds. The van der Waals surface area contributed by atoms with Gasteiger partial charge in [-0.2, -0.15) is 5.10 Å². The minimum absolute atomic E-state index is 0.108. The summed E-state index contributed by atoms with van der Waals surface area (Å²) in [5.41, 5.74) is 3.49. The van der Waals surface area contributed by atoms with Gasteiger partial charge in [0.1, 0.15) is 10.0 Å². The average Bonchev–Trinajstić information content (AvgIpc) is 3.26. The summed E-state index contributed by atoms with van der Waals surface area (Å²) in [6, 6.07) is 13.7. The molecule has 2 aromatic heterocycles. The number of aromatic nitrogens is 3. The molecular weight excluding hydrogens is 388 g/mol. The largest absolute Gasteiger partial charge is 0.289 e. The lowest BCUT2D eigenvalue weighted by atomic mass is 10.1. The van der Waals surface area contributed by atoms with E-state index in [1.807, 2.05) is 59.4 Å². The Kier molecular flexibility index (Phi) is 5.18. The number of carbonyl (C=O) groups excluding carboxylic acids is 1. The Labute approximate surface area is 172 Å². The van der Waals surface area contributed by atoms with Gasteiger partial charge in [-0.25, -0.2) is 4.68 Å². The SMILES string of the molecule is C=CCN1C(=O)/C(=C/c2cn(-c3ccccc3)nc2-c2ccncc2)SC1=S. The number of hydrogen-bond acceptors (Lipinski definition) is 5. The second-order valence-corrected chi connectivity index (χ2v) is 7.71. The van der Waals surface area contributed by atoms with E-state index in [1.165, 1.54) is 11.8 Å². The van der Waals surface area contributed by atoms with E-state index in [0.29, 0.717) is 15.8 Å². The van der Waals surface area contributed by atoms with Crippen molar-refractivity contribution in [3.63, 3.8) is 0 Å². The standard InChI is InChI=1S/C21H16N4OS2/c1-2-12-24-20(26)18(28-21(24)27)13-16-14-25(17-6-4-3-5-7-17)23-19(16)15-8-10-22-11-9-15/h2-11,13-14H,1,12H2/b18-13-. The van der Waals surface area contributed by atoms with Crippen molar-refractivity contribution in [3.05, 3.63) is 84.2 Å². The van der Waals surface area contributed by atoms with E-state index in [9.17, 15) is 4.79 Å². The van der Waals surface area contributed by atoms with Crippen LogP contribution in [0.4, 0.5) is 0 Å². The molecule has 0 unspecified atom stereocenters. The number of hydrogen-bond donors (Lipinski definition) is 0. The number of para-hydroxylation sites is 1. The molecule has 3 heterocycles. The molecule has 138 valence electrons. The first-order valence-corrected chi connectivity index (χ1v) is 9.81. The van der Waals surface area contributed by atoms with Gasteiger partial charge in [-0.1, -0.05) is 48.3 Å². The lowest BCUT2D eigenvalue weighted by Gasteiger charge is -2.10. The third-order valence-electron chi connectivity index (χ3n) is 4.19. The molecule has 28 heavy (non-hydrogen) atoms. The monoisotopic (exact) mass is 404 g/mol. The summed E-state index contributed by atoms with van der Waals surface area (Å²) < 4.78 is 2.35. The number of pyridine rings is 1. The first kappa shape index (κ1) is 18.3. The lowest BCUT2D eigenvalue weighted by Crippen LogP contribution is -2.27. The molecule has 0 aliphatic carbocycles. The zero-order valence-corrected chi connectivity index (χ0v) is 16.5. The second-order valence-electron chi connectivity index (χ2n) is 6.03. The van der Waals surface area contributed by atoms with Crippen molar-refractivity contribution in [2.24, 2.45) is 0 Å². The molecule has 0 N–H and O–H groups in total. The van der Waals surface area contributed by atoms with Crippen molar-refractivity contribution in [1.82, 2.24) is 19.7 Å². The molecule has 1 aromatic carbocycles. The van der Waals surface area contributed by atoms with Gasteiger partial charge in [0.05, 0.1) is 10.6 Å². The fraction of sp³-hybridized carbons (Fsp3) is 0.0476. The third kappa shape index (κ3) is 3.54. The van der Waals surface area contributed by atoms with Gasteiger partial charge in [0.15, 0.2) is 0 Å². The fourth-order valence-corrected chi connectivity index (χ4v) is 4.13. The number of carbonyl (C=O) groups is 1. The Hall–Kier alpha value is -3.03. The van der Waals surface area contributed by atoms with Gasteiger partial charge < -0.3 is 0 Å². The molecule has 0 spiro atoms. The smallest absolute Gasteiger partial charge is 0.266 e. The van der Waals surface area contributed by atoms with Crippen LogP contribution in [0.1, 0.15) is 5.56 Å². The van der Waals surface area contributed by atoms with E-state index < -0.39 is 0 Å². The van der Waals surface area contributed by atoms with Crippen LogP contribution in [-0.2, 0) is 4.79 Å². The molecule has 0 radical (unpaired) electrons. The van der Waals surface area contributed by atoms with Gasteiger partial charge in [-0.15, -0.1) is 6.58 Å². The van der Waals surface area contributed by atoms with E-state index in [0.717, 1.165) is 22.5 Å². The van der Waals surface area contributed by atoms with E-state index >= 15 is 0 Å². The van der Waals surface area contributed by atoms with Crippen LogP contribution in [0.2, 0.25) is 0 Å². The molecule has 1 fully saturated rings. The normalized spacial score (nSPS) is 15.4. The van der Waals surface area contributed by atoms with Crippen molar-refractivity contribution in [1.29, 1.82) is 0 Å². The Balaban J connectivity index is 1.80. The molecule has 0 bridgehead atoms. The number of amides is 1. The lowest BCUT2D eigenvalue weighted by molar-refractivity contribution is -0.121. The maximum atomic E-state index is 12.7. The quantitative estimate of drug-likeness (QED) is 0.360. The van der Waals surface area contributed by atoms with Gasteiger partial charge in [0.25, 0.3) is 5.91 Å². The van der Waals surface area contributed by atoms with Crippen molar-refractivity contribution >= 4 is 40.3 Å². The van der Waals surface area contributed by atoms with Gasteiger partial charge in [0.2, 0.25) is 0 Å². The zero-order chi connectivity index (χ0) is 19.5. The summed E-state index contributed by atoms with van der Waals surface area (Å²) in [5.74, 6) is -0.108. The molecular formula is C21H16N4OS2. The Morgan fingerprint density at radius 2 is 1.89 bits per heavy atom. The van der Waals surface area contributed by atoms with E-state index in [-0.39, 0.29) is 5.91 Å². The van der Waals surface area contributed by atoms with Crippen LogP contribution in [-0.4, -0.2) is 36.4 Å². The van der Waals surface area contributed by atoms with Crippen LogP contribution < -0.4 is 0 Å². The summed E-state index contributed by atoms with van der Waals surface area (Å²) in [6.45, 7) is 4.10. The molecule has 4 rings (SSSR count). The predicted octanol–water partition coefficient (Wildman–Crippen LogP) is 4.32. The minimum atomic E-state index is -0.108. The first-order chi connectivity index (χ1) is 13.7. The van der Waals surface area contributed by atoms with Gasteiger partial charge in [0, 0.05) is 36.3 Å². The number of nitrogens with zero attached hydrogens (tertiary/aromatic N) is 4. The Morgan fingerprint density at radius 1 is 1.14 bits per heavy atom. The van der Waals surface area contributed by atoms with Crippen LogP contribution in [0, 0.1) is 0 Å². The highest BCUT2D eigenvalue weighted by Crippen LogP contribution is 2.34. The van der Waals surface area contributed by atoms with Crippen LogP contribution in [0.15, 0.2) is 78.6 Å². The molecule has 0 saturated carbocycles. The van der Waals surface area contributed by atoms with Crippen LogP contribution in [0.25, 0.3) is 23.0 Å². The highest BCUT2D eigenvalue weighted by atomic mass is 32.2. The number of thiocarbonyl (C=S) groups is 1. The fourth-order valence-electron chi connectivity index (χ4n) is 2.87. The topological polar surface area (TPSA) is 51.0 Å². The van der Waals surface area contributed by atoms with E-state index in [1.54, 1.807) is 23.4 Å². The highest BCUT2D eigenvalue weighted by Gasteiger charge is 2.31. The van der Waals surface area contributed by atoms with Gasteiger partial charge >= 0.3 is 0 Å². The van der Waals surface area contributed by atoms with E-state index in [4.69, 9.17) is 17.3 Å². The van der Waals surface area contributed by atoms with E-state index in [2.05, 4.69) is 11.6 Å². The summed E-state index contributed by atoms with van der Waals surface area (Å²) in [7, 11) is 0. The van der Waals surface area contributed by atoms with Gasteiger partial charge in [-0.3, -0.25) is 14.7 Å². The summed E-state index contributed by atoms with van der Waals surface area (Å²) in [4.78, 5) is 18.9. The maximum absolute atomic E-state index is 12.7. The highest BCUT2D eigenvalue weighted by molar-refractivity contribution is 8.26. The second kappa shape index (κ2) is 7.92. The molecule has 5 nitrogen and oxygen atoms in total. The van der Waals surface area contributed by atoms with Crippen molar-refractivity contribution in [2.75, 3.05) is 6.54 Å².